The molecular formula is C14H20N2O2S2. The highest BCUT2D eigenvalue weighted by atomic mass is 32.2. The predicted octanol–water partition coefficient (Wildman–Crippen LogP) is 2.03. The molecule has 1 saturated carbocycles. The molecule has 1 fully saturated rings. The summed E-state index contributed by atoms with van der Waals surface area (Å²) in [4.78, 5) is 1.05. The molecule has 0 amide bonds. The summed E-state index contributed by atoms with van der Waals surface area (Å²) in [7, 11) is -3.45. The fourth-order valence-electron chi connectivity index (χ4n) is 1.89. The summed E-state index contributed by atoms with van der Waals surface area (Å²) in [5, 5.41) is 3.39. The molecule has 1 aliphatic carbocycles. The Balaban J connectivity index is 2.08. The molecule has 2 rings (SSSR count). The van der Waals surface area contributed by atoms with E-state index >= 15 is 0 Å². The van der Waals surface area contributed by atoms with Crippen LogP contribution in [0.25, 0.3) is 0 Å². The van der Waals surface area contributed by atoms with Crippen LogP contribution in [0.1, 0.15) is 31.1 Å². The van der Waals surface area contributed by atoms with E-state index in [9.17, 15) is 8.42 Å². The molecule has 1 heterocycles. The normalized spacial score (nSPS) is 15.4. The molecule has 0 unspecified atom stereocenters. The lowest BCUT2D eigenvalue weighted by Crippen LogP contribution is -2.31. The summed E-state index contributed by atoms with van der Waals surface area (Å²) in [6, 6.07) is 4.19. The number of thiophene rings is 1. The van der Waals surface area contributed by atoms with Crippen LogP contribution in [0.2, 0.25) is 0 Å². The molecule has 0 aliphatic heterocycles. The van der Waals surface area contributed by atoms with Crippen molar-refractivity contribution in [1.82, 2.24) is 9.62 Å². The highest BCUT2D eigenvalue weighted by Gasteiger charge is 2.25. The van der Waals surface area contributed by atoms with Crippen LogP contribution in [0.4, 0.5) is 0 Å². The predicted molar refractivity (Wildman–Crippen MR) is 82.1 cm³/mol. The molecule has 20 heavy (non-hydrogen) atoms. The van der Waals surface area contributed by atoms with Gasteiger partial charge in [0.25, 0.3) is 10.0 Å². The highest BCUT2D eigenvalue weighted by Crippen LogP contribution is 2.26. The number of nitrogens with zero attached hydrogens (tertiary/aromatic N) is 1. The molecule has 0 bridgehead atoms. The summed E-state index contributed by atoms with van der Waals surface area (Å²) >= 11 is 1.33. The average molecular weight is 312 g/mol. The summed E-state index contributed by atoms with van der Waals surface area (Å²) in [6.07, 6.45) is 8.47. The molecule has 110 valence electrons. The summed E-state index contributed by atoms with van der Waals surface area (Å²) < 4.78 is 26.7. The van der Waals surface area contributed by atoms with Crippen LogP contribution in [-0.2, 0) is 16.6 Å². The van der Waals surface area contributed by atoms with Gasteiger partial charge in [0.2, 0.25) is 0 Å². The Hall–Kier alpha value is -0.870. The minimum absolute atomic E-state index is 0.129. The summed E-state index contributed by atoms with van der Waals surface area (Å²) in [6.45, 7) is 3.27. The van der Waals surface area contributed by atoms with Crippen LogP contribution in [0, 0.1) is 12.3 Å². The Morgan fingerprint density at radius 1 is 1.50 bits per heavy atom. The van der Waals surface area contributed by atoms with Gasteiger partial charge in [-0.3, -0.25) is 0 Å². The molecule has 6 heteroatoms. The van der Waals surface area contributed by atoms with E-state index in [0.717, 1.165) is 17.8 Å². The Morgan fingerprint density at radius 3 is 2.85 bits per heavy atom. The van der Waals surface area contributed by atoms with Crippen LogP contribution in [0.3, 0.4) is 0 Å². The Bertz CT molecular complexity index is 583. The molecule has 1 N–H and O–H groups in total. The molecule has 0 atom stereocenters. The maximum atomic E-state index is 12.5. The van der Waals surface area contributed by atoms with Crippen molar-refractivity contribution in [2.24, 2.45) is 0 Å². The fourth-order valence-corrected chi connectivity index (χ4v) is 4.79. The van der Waals surface area contributed by atoms with Crippen LogP contribution in [-0.4, -0.2) is 31.9 Å². The first kappa shape index (κ1) is 15.5. The number of sulfonamides is 1. The number of hydrogen-bond donors (Lipinski definition) is 1. The van der Waals surface area contributed by atoms with Gasteiger partial charge in [0.05, 0.1) is 6.54 Å². The maximum absolute atomic E-state index is 12.5. The largest absolute Gasteiger partial charge is 0.309 e. The van der Waals surface area contributed by atoms with E-state index in [0.29, 0.717) is 16.8 Å². The van der Waals surface area contributed by atoms with E-state index in [1.165, 1.54) is 28.5 Å². The summed E-state index contributed by atoms with van der Waals surface area (Å²) in [5.41, 5.74) is 0. The van der Waals surface area contributed by atoms with Crippen LogP contribution in [0.15, 0.2) is 16.3 Å². The maximum Gasteiger partial charge on any atom is 0.253 e. The van der Waals surface area contributed by atoms with Crippen molar-refractivity contribution in [2.75, 3.05) is 13.1 Å². The van der Waals surface area contributed by atoms with Crippen molar-refractivity contribution in [3.63, 3.8) is 0 Å². The second-order valence-corrected chi connectivity index (χ2v) is 8.25. The first-order valence-electron chi connectivity index (χ1n) is 6.83. The van der Waals surface area contributed by atoms with Gasteiger partial charge in [-0.05, 0) is 31.4 Å². The Kier molecular flexibility index (Phi) is 5.22. The van der Waals surface area contributed by atoms with Gasteiger partial charge in [-0.2, -0.15) is 4.31 Å². The monoisotopic (exact) mass is 312 g/mol. The van der Waals surface area contributed by atoms with Gasteiger partial charge in [-0.1, -0.05) is 12.8 Å². The topological polar surface area (TPSA) is 49.4 Å². The first-order chi connectivity index (χ1) is 9.57. The van der Waals surface area contributed by atoms with E-state index in [1.54, 1.807) is 6.07 Å². The second-order valence-electron chi connectivity index (χ2n) is 4.92. The van der Waals surface area contributed by atoms with E-state index in [-0.39, 0.29) is 6.54 Å². The molecule has 4 nitrogen and oxygen atoms in total. The molecule has 0 spiro atoms. The zero-order valence-electron chi connectivity index (χ0n) is 11.6. The number of nitrogens with one attached hydrogen (secondary N) is 1. The molecular weight excluding hydrogens is 292 g/mol. The van der Waals surface area contributed by atoms with E-state index in [1.807, 2.05) is 13.0 Å². The van der Waals surface area contributed by atoms with Gasteiger partial charge in [-0.15, -0.1) is 17.8 Å². The average Bonchev–Trinajstić information content (AvgIpc) is 3.12. The Labute approximate surface area is 125 Å². The molecule has 1 aromatic heterocycles. The van der Waals surface area contributed by atoms with Crippen molar-refractivity contribution in [1.29, 1.82) is 0 Å². The molecule has 1 aromatic rings. The van der Waals surface area contributed by atoms with Crippen molar-refractivity contribution in [2.45, 2.75) is 43.0 Å². The van der Waals surface area contributed by atoms with Gasteiger partial charge < -0.3 is 5.32 Å². The third-order valence-electron chi connectivity index (χ3n) is 3.11. The van der Waals surface area contributed by atoms with E-state index < -0.39 is 10.0 Å². The smallest absolute Gasteiger partial charge is 0.253 e. The van der Waals surface area contributed by atoms with Crippen molar-refractivity contribution in [3.05, 3.63) is 17.0 Å². The SMILES string of the molecule is C#CCN(CCC)S(=O)(=O)c1ccc(CNC2CC2)s1. The standard InChI is InChI=1S/C14H20N2O2S2/c1-3-9-16(10-4-2)20(17,18)14-8-7-13(19-14)11-15-12-5-6-12/h1,7-8,12,15H,4-6,9-11H2,2H3. The van der Waals surface area contributed by atoms with Gasteiger partial charge in [0, 0.05) is 24.0 Å². The molecule has 0 radical (unpaired) electrons. The van der Waals surface area contributed by atoms with Gasteiger partial charge in [-0.25, -0.2) is 8.42 Å². The first-order valence-corrected chi connectivity index (χ1v) is 9.09. The lowest BCUT2D eigenvalue weighted by molar-refractivity contribution is 0.447. The van der Waals surface area contributed by atoms with Crippen molar-refractivity contribution < 1.29 is 8.42 Å². The molecule has 1 aliphatic rings. The number of terminal acetylenes is 1. The quantitative estimate of drug-likeness (QED) is 0.747. The van der Waals surface area contributed by atoms with E-state index in [2.05, 4.69) is 11.2 Å². The van der Waals surface area contributed by atoms with Crippen LogP contribution in [0.5, 0.6) is 0 Å². The fraction of sp³-hybridized carbons (Fsp3) is 0.571. The van der Waals surface area contributed by atoms with Gasteiger partial charge >= 0.3 is 0 Å². The van der Waals surface area contributed by atoms with Crippen molar-refractivity contribution in [3.8, 4) is 12.3 Å². The lowest BCUT2D eigenvalue weighted by Gasteiger charge is -2.17. The lowest BCUT2D eigenvalue weighted by atomic mass is 10.4. The number of rotatable bonds is 8. The molecule has 0 saturated heterocycles. The third-order valence-corrected chi connectivity index (χ3v) is 6.51. The summed E-state index contributed by atoms with van der Waals surface area (Å²) in [5.74, 6) is 2.42. The van der Waals surface area contributed by atoms with E-state index in [4.69, 9.17) is 6.42 Å². The van der Waals surface area contributed by atoms with Gasteiger partial charge in [0.1, 0.15) is 4.21 Å². The van der Waals surface area contributed by atoms with Gasteiger partial charge in [0.15, 0.2) is 0 Å². The minimum atomic E-state index is -3.45. The zero-order valence-corrected chi connectivity index (χ0v) is 13.3. The highest BCUT2D eigenvalue weighted by molar-refractivity contribution is 7.91. The van der Waals surface area contributed by atoms with Crippen LogP contribution < -0.4 is 5.32 Å². The molecule has 0 aromatic carbocycles. The Morgan fingerprint density at radius 2 is 2.25 bits per heavy atom. The zero-order chi connectivity index (χ0) is 14.6. The third kappa shape index (κ3) is 3.83. The van der Waals surface area contributed by atoms with Crippen molar-refractivity contribution >= 4 is 21.4 Å². The number of hydrogen-bond acceptors (Lipinski definition) is 4. The minimum Gasteiger partial charge on any atom is -0.309 e. The van der Waals surface area contributed by atoms with Crippen LogP contribution >= 0.6 is 11.3 Å². The second kappa shape index (κ2) is 6.72.